The zero-order valence-corrected chi connectivity index (χ0v) is 11.9. The van der Waals surface area contributed by atoms with Gasteiger partial charge in [-0.05, 0) is 60.9 Å². The van der Waals surface area contributed by atoms with Gasteiger partial charge in [-0.15, -0.1) is 0 Å². The maximum Gasteiger partial charge on any atom is 0.0331 e. The Morgan fingerprint density at radius 2 is 1.88 bits per heavy atom. The van der Waals surface area contributed by atoms with Crippen LogP contribution < -0.4 is 5.32 Å². The number of fused-ring (bicyclic) bond motifs is 1. The molecule has 17 heavy (non-hydrogen) atoms. The minimum absolute atomic E-state index is 0.319. The van der Waals surface area contributed by atoms with Gasteiger partial charge < -0.3 is 5.32 Å². The Labute approximate surface area is 106 Å². The number of rotatable bonds is 3. The Bertz CT molecular complexity index is 418. The summed E-state index contributed by atoms with van der Waals surface area (Å²) in [6.07, 6.45) is 2.43. The van der Waals surface area contributed by atoms with Crippen molar-refractivity contribution in [2.24, 2.45) is 0 Å². The van der Waals surface area contributed by atoms with Crippen LogP contribution in [0.25, 0.3) is 0 Å². The molecule has 1 N–H and O–H groups in total. The summed E-state index contributed by atoms with van der Waals surface area (Å²) in [6, 6.07) is 5.35. The summed E-state index contributed by atoms with van der Waals surface area (Å²) in [5, 5.41) is 3.69. The predicted molar refractivity (Wildman–Crippen MR) is 74.6 cm³/mol. The molecule has 1 aromatic carbocycles. The molecule has 0 saturated heterocycles. The van der Waals surface area contributed by atoms with Gasteiger partial charge in [-0.1, -0.05) is 32.9 Å². The maximum absolute atomic E-state index is 3.69. The lowest BCUT2D eigenvalue weighted by atomic mass is 9.85. The van der Waals surface area contributed by atoms with Crippen LogP contribution in [0, 0.1) is 13.8 Å². The first kappa shape index (κ1) is 12.6. The van der Waals surface area contributed by atoms with Crippen molar-refractivity contribution in [3.63, 3.8) is 0 Å². The zero-order valence-electron chi connectivity index (χ0n) is 11.9. The molecule has 1 atom stereocenters. The summed E-state index contributed by atoms with van der Waals surface area (Å²) in [7, 11) is 0. The molecule has 94 valence electrons. The van der Waals surface area contributed by atoms with Gasteiger partial charge >= 0.3 is 0 Å². The fourth-order valence-corrected chi connectivity index (χ4v) is 2.94. The van der Waals surface area contributed by atoms with Gasteiger partial charge in [0.05, 0.1) is 0 Å². The smallest absolute Gasteiger partial charge is 0.0331 e. The van der Waals surface area contributed by atoms with E-state index in [1.807, 2.05) is 0 Å². The molecule has 0 aliphatic heterocycles. The Balaban J connectivity index is 2.39. The Morgan fingerprint density at radius 3 is 2.53 bits per heavy atom. The van der Waals surface area contributed by atoms with Crippen molar-refractivity contribution in [1.82, 2.24) is 5.32 Å². The van der Waals surface area contributed by atoms with Crippen molar-refractivity contribution < 1.29 is 0 Å². The van der Waals surface area contributed by atoms with Crippen molar-refractivity contribution in [2.75, 3.05) is 6.54 Å². The summed E-state index contributed by atoms with van der Waals surface area (Å²) in [4.78, 5) is 0. The molecule has 0 fully saturated rings. The second kappa shape index (κ2) is 4.45. The number of hydrogen-bond donors (Lipinski definition) is 1. The van der Waals surface area contributed by atoms with E-state index in [2.05, 4.69) is 52.1 Å². The third-order valence-electron chi connectivity index (χ3n) is 4.13. The number of aryl methyl sites for hydroxylation is 2. The van der Waals surface area contributed by atoms with Crippen LogP contribution >= 0.6 is 0 Å². The molecule has 1 aromatic rings. The molecule has 1 aliphatic rings. The molecule has 1 nitrogen and oxygen atoms in total. The van der Waals surface area contributed by atoms with Gasteiger partial charge in [-0.25, -0.2) is 0 Å². The van der Waals surface area contributed by atoms with Crippen LogP contribution in [0.5, 0.6) is 0 Å². The van der Waals surface area contributed by atoms with Crippen LogP contribution in [0.3, 0.4) is 0 Å². The highest BCUT2D eigenvalue weighted by Crippen LogP contribution is 2.45. The molecule has 0 amide bonds. The highest BCUT2D eigenvalue weighted by Gasteiger charge is 2.36. The average Bonchev–Trinajstić information content (AvgIpc) is 2.49. The lowest BCUT2D eigenvalue weighted by Gasteiger charge is -2.20. The van der Waals surface area contributed by atoms with E-state index in [1.165, 1.54) is 29.5 Å². The number of nitrogens with one attached hydrogen (secondary N) is 1. The van der Waals surface area contributed by atoms with Crippen LogP contribution in [0.1, 0.15) is 61.9 Å². The van der Waals surface area contributed by atoms with Crippen LogP contribution in [-0.2, 0) is 5.41 Å². The monoisotopic (exact) mass is 231 g/mol. The molecule has 0 heterocycles. The van der Waals surface area contributed by atoms with Crippen molar-refractivity contribution in [1.29, 1.82) is 0 Å². The normalized spacial score (nSPS) is 21.6. The third kappa shape index (κ3) is 2.26. The first-order valence-corrected chi connectivity index (χ1v) is 6.80. The van der Waals surface area contributed by atoms with Crippen molar-refractivity contribution in [3.8, 4) is 0 Å². The summed E-state index contributed by atoms with van der Waals surface area (Å²) >= 11 is 0. The Morgan fingerprint density at radius 1 is 1.24 bits per heavy atom. The van der Waals surface area contributed by atoms with E-state index in [4.69, 9.17) is 0 Å². The summed E-state index contributed by atoms with van der Waals surface area (Å²) < 4.78 is 0. The fourth-order valence-electron chi connectivity index (χ4n) is 2.94. The summed E-state index contributed by atoms with van der Waals surface area (Å²) in [5.41, 5.74) is 6.25. The molecule has 0 radical (unpaired) electrons. The first-order valence-electron chi connectivity index (χ1n) is 6.80. The van der Waals surface area contributed by atoms with Gasteiger partial charge in [0.15, 0.2) is 0 Å². The van der Waals surface area contributed by atoms with Crippen molar-refractivity contribution in [3.05, 3.63) is 34.4 Å². The Kier molecular flexibility index (Phi) is 3.31. The molecular weight excluding hydrogens is 206 g/mol. The molecule has 1 unspecified atom stereocenters. The van der Waals surface area contributed by atoms with Crippen LogP contribution in [0.2, 0.25) is 0 Å². The van der Waals surface area contributed by atoms with E-state index in [0.29, 0.717) is 11.5 Å². The lowest BCUT2D eigenvalue weighted by Crippen LogP contribution is -2.22. The Hall–Kier alpha value is -0.820. The van der Waals surface area contributed by atoms with E-state index in [-0.39, 0.29) is 0 Å². The SMILES string of the molecule is CCCNC1CC(C)(C)c2cc(C)c(C)cc21. The standard InChI is InChI=1S/C16H25N/c1-6-7-17-15-10-16(4,5)14-9-12(3)11(2)8-13(14)15/h8-9,15,17H,6-7,10H2,1-5H3. The maximum atomic E-state index is 3.69. The first-order chi connectivity index (χ1) is 7.95. The quantitative estimate of drug-likeness (QED) is 0.828. The van der Waals surface area contributed by atoms with Gasteiger partial charge in [0.25, 0.3) is 0 Å². The second-order valence-electron chi connectivity index (χ2n) is 6.12. The van der Waals surface area contributed by atoms with Gasteiger partial charge in [-0.2, -0.15) is 0 Å². The topological polar surface area (TPSA) is 12.0 Å². The van der Waals surface area contributed by atoms with E-state index < -0.39 is 0 Å². The highest BCUT2D eigenvalue weighted by atomic mass is 14.9. The van der Waals surface area contributed by atoms with Crippen LogP contribution in [0.15, 0.2) is 12.1 Å². The fraction of sp³-hybridized carbons (Fsp3) is 0.625. The largest absolute Gasteiger partial charge is 0.310 e. The van der Waals surface area contributed by atoms with Crippen LogP contribution in [-0.4, -0.2) is 6.54 Å². The predicted octanol–water partition coefficient (Wildman–Crippen LogP) is 4.03. The van der Waals surface area contributed by atoms with E-state index in [9.17, 15) is 0 Å². The minimum Gasteiger partial charge on any atom is -0.310 e. The minimum atomic E-state index is 0.319. The number of hydrogen-bond acceptors (Lipinski definition) is 1. The molecule has 0 bridgehead atoms. The molecular formula is C16H25N. The summed E-state index contributed by atoms with van der Waals surface area (Å²) in [6.45, 7) is 12.5. The molecule has 0 spiro atoms. The molecule has 2 rings (SSSR count). The van der Waals surface area contributed by atoms with E-state index >= 15 is 0 Å². The molecule has 1 heteroatoms. The highest BCUT2D eigenvalue weighted by molar-refractivity contribution is 5.46. The second-order valence-corrected chi connectivity index (χ2v) is 6.12. The molecule has 1 aliphatic carbocycles. The average molecular weight is 231 g/mol. The summed E-state index contributed by atoms with van der Waals surface area (Å²) in [5.74, 6) is 0. The lowest BCUT2D eigenvalue weighted by molar-refractivity contribution is 0.427. The van der Waals surface area contributed by atoms with Crippen molar-refractivity contribution in [2.45, 2.75) is 58.9 Å². The molecule has 0 aromatic heterocycles. The molecule has 0 saturated carbocycles. The third-order valence-corrected chi connectivity index (χ3v) is 4.13. The van der Waals surface area contributed by atoms with Crippen LogP contribution in [0.4, 0.5) is 0 Å². The van der Waals surface area contributed by atoms with Gasteiger partial charge in [0, 0.05) is 6.04 Å². The zero-order chi connectivity index (χ0) is 12.6. The van der Waals surface area contributed by atoms with Gasteiger partial charge in [0.2, 0.25) is 0 Å². The van der Waals surface area contributed by atoms with Crippen molar-refractivity contribution >= 4 is 0 Å². The number of benzene rings is 1. The van der Waals surface area contributed by atoms with E-state index in [1.54, 1.807) is 5.56 Å². The van der Waals surface area contributed by atoms with E-state index in [0.717, 1.165) is 6.54 Å². The van der Waals surface area contributed by atoms with Gasteiger partial charge in [-0.3, -0.25) is 0 Å². The van der Waals surface area contributed by atoms with Gasteiger partial charge in [0.1, 0.15) is 0 Å².